The topological polar surface area (TPSA) is 101 Å². The number of hydrogen-bond donors (Lipinski definition) is 2. The third-order valence-corrected chi connectivity index (χ3v) is 3.84. The van der Waals surface area contributed by atoms with Crippen LogP contribution in [0.15, 0.2) is 45.7 Å². The molecular weight excluding hydrogens is 310 g/mol. The third-order valence-electron chi connectivity index (χ3n) is 3.84. The highest BCUT2D eigenvalue weighted by atomic mass is 16.4. The molecule has 122 valence electrons. The molecule has 0 aliphatic carbocycles. The largest absolute Gasteiger partial charge is 0.508 e. The van der Waals surface area contributed by atoms with Gasteiger partial charge in [0.05, 0.1) is 23.1 Å². The minimum atomic E-state index is -0.989. The van der Waals surface area contributed by atoms with Gasteiger partial charge in [0.2, 0.25) is 5.43 Å². The molecule has 2 aromatic heterocycles. The second kappa shape index (κ2) is 6.16. The van der Waals surface area contributed by atoms with Gasteiger partial charge in [-0.25, -0.2) is 0 Å². The van der Waals surface area contributed by atoms with Crippen LogP contribution >= 0.6 is 0 Å². The molecule has 1 aromatic carbocycles. The maximum Gasteiger partial charge on any atom is 0.303 e. The van der Waals surface area contributed by atoms with Crippen LogP contribution in [-0.2, 0) is 11.2 Å². The van der Waals surface area contributed by atoms with E-state index in [1.54, 1.807) is 31.3 Å². The van der Waals surface area contributed by atoms with Gasteiger partial charge in [0.25, 0.3) is 0 Å². The Hall–Kier alpha value is -3.15. The third kappa shape index (κ3) is 2.74. The van der Waals surface area contributed by atoms with Crippen LogP contribution in [0.3, 0.4) is 0 Å². The molecule has 0 atom stereocenters. The summed E-state index contributed by atoms with van der Waals surface area (Å²) in [4.78, 5) is 28.0. The van der Waals surface area contributed by atoms with Crippen LogP contribution in [0, 0.1) is 6.92 Å². The van der Waals surface area contributed by atoms with Crippen molar-refractivity contribution in [2.45, 2.75) is 19.8 Å². The first-order valence-electron chi connectivity index (χ1n) is 7.40. The van der Waals surface area contributed by atoms with Crippen molar-refractivity contribution in [3.8, 4) is 17.0 Å². The van der Waals surface area contributed by atoms with Crippen LogP contribution in [-0.4, -0.2) is 21.2 Å². The number of phenols is 1. The maximum atomic E-state index is 12.9. The van der Waals surface area contributed by atoms with Crippen LogP contribution in [0.5, 0.6) is 5.75 Å². The molecule has 0 spiro atoms. The molecule has 6 nitrogen and oxygen atoms in total. The Morgan fingerprint density at radius 1 is 1.25 bits per heavy atom. The van der Waals surface area contributed by atoms with E-state index in [2.05, 4.69) is 4.98 Å². The number of carbonyl (C=O) groups is 1. The van der Waals surface area contributed by atoms with Gasteiger partial charge in [-0.15, -0.1) is 0 Å². The number of benzene rings is 1. The number of carboxylic acid groups (broad SMARTS) is 1. The lowest BCUT2D eigenvalue weighted by atomic mass is 10.0. The molecule has 0 aliphatic rings. The van der Waals surface area contributed by atoms with Crippen molar-refractivity contribution >= 4 is 16.9 Å². The van der Waals surface area contributed by atoms with E-state index < -0.39 is 5.97 Å². The number of hydrogen-bond acceptors (Lipinski definition) is 5. The summed E-state index contributed by atoms with van der Waals surface area (Å²) in [5, 5.41) is 19.1. The SMILES string of the molecule is Cc1c(O)ccc2c(=O)c(-c3ccccn3)c(CCC(=O)O)oc12. The molecule has 0 radical (unpaired) electrons. The Morgan fingerprint density at radius 2 is 2.04 bits per heavy atom. The predicted molar refractivity (Wildman–Crippen MR) is 88.1 cm³/mol. The van der Waals surface area contributed by atoms with E-state index in [-0.39, 0.29) is 40.9 Å². The zero-order chi connectivity index (χ0) is 17.3. The molecule has 24 heavy (non-hydrogen) atoms. The van der Waals surface area contributed by atoms with Gasteiger partial charge in [0.1, 0.15) is 17.1 Å². The smallest absolute Gasteiger partial charge is 0.303 e. The number of nitrogens with zero attached hydrogens (tertiary/aromatic N) is 1. The Kier molecular flexibility index (Phi) is 4.04. The first-order chi connectivity index (χ1) is 11.5. The molecule has 0 aliphatic heterocycles. The highest BCUT2D eigenvalue weighted by Crippen LogP contribution is 2.29. The van der Waals surface area contributed by atoms with E-state index in [0.29, 0.717) is 16.6 Å². The number of aromatic hydroxyl groups is 1. The molecule has 3 aromatic rings. The van der Waals surface area contributed by atoms with Crippen LogP contribution in [0.25, 0.3) is 22.2 Å². The zero-order valence-electron chi connectivity index (χ0n) is 12.9. The molecule has 6 heteroatoms. The molecule has 2 N–H and O–H groups in total. The highest BCUT2D eigenvalue weighted by Gasteiger charge is 2.19. The fourth-order valence-electron chi connectivity index (χ4n) is 2.59. The van der Waals surface area contributed by atoms with Crippen molar-refractivity contribution in [2.75, 3.05) is 0 Å². The average molecular weight is 325 g/mol. The lowest BCUT2D eigenvalue weighted by Crippen LogP contribution is -2.11. The molecule has 0 unspecified atom stereocenters. The Morgan fingerprint density at radius 3 is 2.71 bits per heavy atom. The summed E-state index contributed by atoms with van der Waals surface area (Å²) in [5.41, 5.74) is 1.10. The number of aliphatic carboxylic acids is 1. The number of aromatic nitrogens is 1. The maximum absolute atomic E-state index is 12.9. The quantitative estimate of drug-likeness (QED) is 0.765. The molecule has 0 fully saturated rings. The van der Waals surface area contributed by atoms with Crippen molar-refractivity contribution in [1.29, 1.82) is 0 Å². The minimum absolute atomic E-state index is 0.0143. The van der Waals surface area contributed by atoms with E-state index in [0.717, 1.165) is 0 Å². The number of rotatable bonds is 4. The summed E-state index contributed by atoms with van der Waals surface area (Å²) < 4.78 is 5.83. The fraction of sp³-hybridized carbons (Fsp3) is 0.167. The van der Waals surface area contributed by atoms with Crippen LogP contribution in [0.2, 0.25) is 0 Å². The standard InChI is InChI=1S/C18H15NO5/c1-10-13(20)6-5-11-17(23)16(12-4-2-3-9-19-12)14(24-18(10)11)7-8-15(21)22/h2-6,9,20H,7-8H2,1H3,(H,21,22). The van der Waals surface area contributed by atoms with E-state index in [1.165, 1.54) is 12.1 Å². The van der Waals surface area contributed by atoms with Crippen molar-refractivity contribution in [3.05, 3.63) is 58.1 Å². The molecule has 0 saturated heterocycles. The molecule has 0 bridgehead atoms. The second-order valence-corrected chi connectivity index (χ2v) is 5.42. The van der Waals surface area contributed by atoms with Crippen LogP contribution < -0.4 is 5.43 Å². The molecule has 3 rings (SSSR count). The number of aryl methyl sites for hydroxylation is 2. The van der Waals surface area contributed by atoms with Gasteiger partial charge in [-0.2, -0.15) is 0 Å². The van der Waals surface area contributed by atoms with Crippen molar-refractivity contribution < 1.29 is 19.4 Å². The zero-order valence-corrected chi connectivity index (χ0v) is 12.9. The van der Waals surface area contributed by atoms with Crippen molar-refractivity contribution in [3.63, 3.8) is 0 Å². The molecule has 2 heterocycles. The number of pyridine rings is 1. The summed E-state index contributed by atoms with van der Waals surface area (Å²) >= 11 is 0. The van der Waals surface area contributed by atoms with Crippen LogP contribution in [0.1, 0.15) is 17.7 Å². The second-order valence-electron chi connectivity index (χ2n) is 5.42. The summed E-state index contributed by atoms with van der Waals surface area (Å²) in [6.45, 7) is 1.64. The summed E-state index contributed by atoms with van der Waals surface area (Å²) in [6.07, 6.45) is 1.44. The van der Waals surface area contributed by atoms with Crippen LogP contribution in [0.4, 0.5) is 0 Å². The summed E-state index contributed by atoms with van der Waals surface area (Å²) in [5.74, 6) is -0.722. The van der Waals surface area contributed by atoms with E-state index in [1.807, 2.05) is 0 Å². The highest BCUT2D eigenvalue weighted by molar-refractivity contribution is 5.86. The molecule has 0 amide bonds. The molecule has 0 saturated carbocycles. The van der Waals surface area contributed by atoms with E-state index >= 15 is 0 Å². The van der Waals surface area contributed by atoms with Gasteiger partial charge in [-0.3, -0.25) is 14.6 Å². The Labute approximate surface area is 137 Å². The Bertz CT molecular complexity index is 976. The lowest BCUT2D eigenvalue weighted by Gasteiger charge is -2.11. The van der Waals surface area contributed by atoms with Gasteiger partial charge in [0, 0.05) is 18.2 Å². The Balaban J connectivity index is 2.33. The van der Waals surface area contributed by atoms with Gasteiger partial charge >= 0.3 is 5.97 Å². The first kappa shape index (κ1) is 15.7. The lowest BCUT2D eigenvalue weighted by molar-refractivity contribution is -0.137. The van der Waals surface area contributed by atoms with E-state index in [9.17, 15) is 14.7 Å². The summed E-state index contributed by atoms with van der Waals surface area (Å²) in [6, 6.07) is 8.08. The van der Waals surface area contributed by atoms with Gasteiger partial charge in [0.15, 0.2) is 0 Å². The normalized spacial score (nSPS) is 10.9. The number of phenolic OH excluding ortho intramolecular Hbond substituents is 1. The van der Waals surface area contributed by atoms with Gasteiger partial charge in [-0.1, -0.05) is 6.07 Å². The predicted octanol–water partition coefficient (Wildman–Crippen LogP) is 2.89. The van der Waals surface area contributed by atoms with E-state index in [4.69, 9.17) is 9.52 Å². The minimum Gasteiger partial charge on any atom is -0.508 e. The fourth-order valence-corrected chi connectivity index (χ4v) is 2.59. The number of carboxylic acids is 1. The van der Waals surface area contributed by atoms with Gasteiger partial charge < -0.3 is 14.6 Å². The number of fused-ring (bicyclic) bond motifs is 1. The first-order valence-corrected chi connectivity index (χ1v) is 7.40. The van der Waals surface area contributed by atoms with Crippen molar-refractivity contribution in [2.24, 2.45) is 0 Å². The van der Waals surface area contributed by atoms with Crippen molar-refractivity contribution in [1.82, 2.24) is 4.98 Å². The molecular formula is C18H15NO5. The van der Waals surface area contributed by atoms with Gasteiger partial charge in [-0.05, 0) is 31.2 Å². The summed E-state index contributed by atoms with van der Waals surface area (Å²) in [7, 11) is 0. The monoisotopic (exact) mass is 325 g/mol. The average Bonchev–Trinajstić information content (AvgIpc) is 2.57.